The summed E-state index contributed by atoms with van der Waals surface area (Å²) in [5, 5.41) is 0.970. The minimum absolute atomic E-state index is 0.0201. The fourth-order valence-corrected chi connectivity index (χ4v) is 5.54. The number of aromatic amines is 1. The van der Waals surface area contributed by atoms with Crippen LogP contribution in [0.2, 0.25) is 0 Å². The van der Waals surface area contributed by atoms with Crippen LogP contribution < -0.4 is 16.4 Å². The number of nitrogens with one attached hydrogen (secondary N) is 3. The van der Waals surface area contributed by atoms with Crippen molar-refractivity contribution in [2.24, 2.45) is 0 Å². The van der Waals surface area contributed by atoms with Gasteiger partial charge >= 0.3 is 0 Å². The molecule has 2 unspecified atom stereocenters. The van der Waals surface area contributed by atoms with Crippen LogP contribution in [0, 0.1) is 18.6 Å². The molecule has 6 nitrogen and oxygen atoms in total. The number of fused-ring (bicyclic) bond motifs is 2. The SMILES string of the molecule is Cc1cc(C2NNc3cc4[nH]c(=O)c(C5CCCN(Cc6cc(F)ccc6F)C5)cc4cc32)ccn1. The van der Waals surface area contributed by atoms with Gasteiger partial charge in [-0.1, -0.05) is 0 Å². The first kappa shape index (κ1) is 22.8. The van der Waals surface area contributed by atoms with Gasteiger partial charge in [0.2, 0.25) is 0 Å². The molecule has 2 aliphatic rings. The van der Waals surface area contributed by atoms with Gasteiger partial charge in [-0.05, 0) is 85.8 Å². The van der Waals surface area contributed by atoms with E-state index in [0.717, 1.165) is 64.4 Å². The number of benzene rings is 2. The first-order valence-electron chi connectivity index (χ1n) is 12.3. The number of hydrogen-bond donors (Lipinski definition) is 3. The number of aromatic nitrogens is 2. The van der Waals surface area contributed by atoms with Gasteiger partial charge in [-0.3, -0.25) is 14.7 Å². The number of hydrogen-bond acceptors (Lipinski definition) is 5. The Bertz CT molecular complexity index is 1520. The first-order chi connectivity index (χ1) is 17.4. The second-order valence-electron chi connectivity index (χ2n) is 9.82. The van der Waals surface area contributed by atoms with Crippen molar-refractivity contribution < 1.29 is 8.78 Å². The van der Waals surface area contributed by atoms with E-state index in [0.29, 0.717) is 18.7 Å². The molecule has 2 aliphatic heterocycles. The molecule has 0 amide bonds. The molecule has 0 aliphatic carbocycles. The summed E-state index contributed by atoms with van der Waals surface area (Å²) in [4.78, 5) is 22.6. The summed E-state index contributed by atoms with van der Waals surface area (Å²) >= 11 is 0. The Hall–Kier alpha value is -3.62. The summed E-state index contributed by atoms with van der Waals surface area (Å²) in [5.41, 5.74) is 12.4. The molecule has 6 rings (SSSR count). The monoisotopic (exact) mass is 487 g/mol. The van der Waals surface area contributed by atoms with Crippen LogP contribution in [0.3, 0.4) is 0 Å². The molecule has 1 saturated heterocycles. The highest BCUT2D eigenvalue weighted by molar-refractivity contribution is 5.85. The highest BCUT2D eigenvalue weighted by Gasteiger charge is 2.27. The normalized spacial score (nSPS) is 19.9. The highest BCUT2D eigenvalue weighted by atomic mass is 19.1. The van der Waals surface area contributed by atoms with E-state index in [1.807, 2.05) is 31.3 Å². The Labute approximate surface area is 207 Å². The van der Waals surface area contributed by atoms with E-state index in [1.54, 1.807) is 0 Å². The molecule has 0 bridgehead atoms. The zero-order valence-electron chi connectivity index (χ0n) is 19.9. The Morgan fingerprint density at radius 1 is 1.08 bits per heavy atom. The Balaban J connectivity index is 1.30. The van der Waals surface area contributed by atoms with Gasteiger partial charge in [0.15, 0.2) is 0 Å². The van der Waals surface area contributed by atoms with E-state index in [2.05, 4.69) is 37.9 Å². The highest BCUT2D eigenvalue weighted by Crippen LogP contribution is 2.36. The first-order valence-corrected chi connectivity index (χ1v) is 12.3. The van der Waals surface area contributed by atoms with Crippen molar-refractivity contribution in [3.8, 4) is 0 Å². The summed E-state index contributed by atoms with van der Waals surface area (Å²) in [6.45, 7) is 3.71. The van der Waals surface area contributed by atoms with Crippen molar-refractivity contribution in [2.45, 2.75) is 38.3 Å². The number of aryl methyl sites for hydroxylation is 1. The standard InChI is InChI=1S/C28H27F2N5O/c1-16-9-17(6-7-31-16)27-23-12-19-11-22(28(36)32-25(19)13-26(23)33-34-27)18-3-2-8-35(14-18)15-20-10-21(29)4-5-24(20)30/h4-7,9-13,18,27,33-34H,2-3,8,14-15H2,1H3,(H,32,36). The van der Waals surface area contributed by atoms with E-state index in [-0.39, 0.29) is 17.5 Å². The number of likely N-dealkylation sites (tertiary alicyclic amines) is 1. The predicted octanol–water partition coefficient (Wildman–Crippen LogP) is 4.91. The Morgan fingerprint density at radius 3 is 2.81 bits per heavy atom. The molecule has 184 valence electrons. The van der Waals surface area contributed by atoms with Gasteiger partial charge in [-0.15, -0.1) is 0 Å². The van der Waals surface area contributed by atoms with E-state index in [4.69, 9.17) is 0 Å². The van der Waals surface area contributed by atoms with Gasteiger partial charge in [0.1, 0.15) is 11.6 Å². The second-order valence-corrected chi connectivity index (χ2v) is 9.82. The third-order valence-corrected chi connectivity index (χ3v) is 7.31. The van der Waals surface area contributed by atoms with Crippen LogP contribution in [-0.2, 0) is 6.54 Å². The van der Waals surface area contributed by atoms with E-state index in [1.165, 1.54) is 12.1 Å². The number of rotatable bonds is 4. The molecule has 8 heteroatoms. The zero-order chi connectivity index (χ0) is 24.8. The molecule has 2 aromatic heterocycles. The molecule has 4 aromatic rings. The van der Waals surface area contributed by atoms with Crippen LogP contribution >= 0.6 is 0 Å². The molecule has 0 radical (unpaired) electrons. The van der Waals surface area contributed by atoms with Gasteiger partial charge in [0.05, 0.1) is 17.2 Å². The summed E-state index contributed by atoms with van der Waals surface area (Å²) in [6.07, 6.45) is 3.58. The van der Waals surface area contributed by atoms with Crippen LogP contribution in [0.25, 0.3) is 10.9 Å². The fourth-order valence-electron chi connectivity index (χ4n) is 5.54. The molecular formula is C28H27F2N5O. The summed E-state index contributed by atoms with van der Waals surface area (Å²) < 4.78 is 27.9. The zero-order valence-corrected chi connectivity index (χ0v) is 19.9. The van der Waals surface area contributed by atoms with Gasteiger partial charge in [0.25, 0.3) is 5.56 Å². The molecular weight excluding hydrogens is 460 g/mol. The maximum atomic E-state index is 14.2. The third-order valence-electron chi connectivity index (χ3n) is 7.31. The van der Waals surface area contributed by atoms with Gasteiger partial charge < -0.3 is 10.4 Å². The lowest BCUT2D eigenvalue weighted by molar-refractivity contribution is 0.197. The van der Waals surface area contributed by atoms with Crippen LogP contribution in [-0.4, -0.2) is 28.0 Å². The van der Waals surface area contributed by atoms with Crippen LogP contribution in [0.5, 0.6) is 0 Å². The smallest absolute Gasteiger partial charge is 0.251 e. The number of pyridine rings is 2. The Morgan fingerprint density at radius 2 is 1.94 bits per heavy atom. The van der Waals surface area contributed by atoms with Crippen molar-refractivity contribution in [3.63, 3.8) is 0 Å². The predicted molar refractivity (Wildman–Crippen MR) is 136 cm³/mol. The molecule has 2 aromatic carbocycles. The number of H-pyrrole nitrogens is 1. The van der Waals surface area contributed by atoms with Gasteiger partial charge in [-0.25, -0.2) is 14.2 Å². The van der Waals surface area contributed by atoms with Crippen molar-refractivity contribution in [1.82, 2.24) is 20.3 Å². The summed E-state index contributed by atoms with van der Waals surface area (Å²) in [6, 6.07) is 13.7. The lowest BCUT2D eigenvalue weighted by Gasteiger charge is -2.32. The second kappa shape index (κ2) is 9.11. The van der Waals surface area contributed by atoms with Crippen LogP contribution in [0.15, 0.2) is 59.5 Å². The lowest BCUT2D eigenvalue weighted by atomic mass is 9.90. The Kier molecular flexibility index (Phi) is 5.78. The number of piperidine rings is 1. The van der Waals surface area contributed by atoms with Crippen molar-refractivity contribution >= 4 is 16.6 Å². The molecule has 0 spiro atoms. The minimum atomic E-state index is -0.442. The number of anilines is 1. The summed E-state index contributed by atoms with van der Waals surface area (Å²) in [5.74, 6) is -0.827. The lowest BCUT2D eigenvalue weighted by Crippen LogP contribution is -2.36. The fraction of sp³-hybridized carbons (Fsp3) is 0.286. The molecule has 36 heavy (non-hydrogen) atoms. The largest absolute Gasteiger partial charge is 0.322 e. The van der Waals surface area contributed by atoms with Crippen LogP contribution in [0.4, 0.5) is 14.5 Å². The third kappa shape index (κ3) is 4.27. The van der Waals surface area contributed by atoms with Gasteiger partial charge in [-0.2, -0.15) is 0 Å². The maximum absolute atomic E-state index is 14.2. The van der Waals surface area contributed by atoms with Crippen molar-refractivity contribution in [3.05, 3.63) is 105 Å². The number of nitrogens with zero attached hydrogens (tertiary/aromatic N) is 2. The van der Waals surface area contributed by atoms with Crippen molar-refractivity contribution in [2.75, 3.05) is 18.5 Å². The molecule has 1 fully saturated rings. The molecule has 2 atom stereocenters. The minimum Gasteiger partial charge on any atom is -0.322 e. The van der Waals surface area contributed by atoms with E-state index in [9.17, 15) is 13.6 Å². The van der Waals surface area contributed by atoms with Crippen LogP contribution in [0.1, 0.15) is 52.7 Å². The molecule has 3 N–H and O–H groups in total. The average molecular weight is 488 g/mol. The molecule has 4 heterocycles. The summed E-state index contributed by atoms with van der Waals surface area (Å²) in [7, 11) is 0. The van der Waals surface area contributed by atoms with Gasteiger partial charge in [0, 0.05) is 47.6 Å². The maximum Gasteiger partial charge on any atom is 0.251 e. The topological polar surface area (TPSA) is 73.0 Å². The number of hydrazine groups is 1. The number of halogens is 2. The average Bonchev–Trinajstić information content (AvgIpc) is 3.27. The quantitative estimate of drug-likeness (QED) is 0.382. The van der Waals surface area contributed by atoms with Crippen molar-refractivity contribution in [1.29, 1.82) is 0 Å². The van der Waals surface area contributed by atoms with E-state index < -0.39 is 11.6 Å². The molecule has 0 saturated carbocycles. The van der Waals surface area contributed by atoms with E-state index >= 15 is 0 Å².